The second-order valence-corrected chi connectivity index (χ2v) is 8.02. The van der Waals surface area contributed by atoms with Gasteiger partial charge in [-0.25, -0.2) is 19.0 Å². The second-order valence-electron chi connectivity index (χ2n) is 7.25. The van der Waals surface area contributed by atoms with Crippen LogP contribution in [0.2, 0.25) is 0 Å². The van der Waals surface area contributed by atoms with Gasteiger partial charge in [-0.05, 0) is 36.9 Å². The van der Waals surface area contributed by atoms with E-state index in [0.717, 1.165) is 13.8 Å². The number of aliphatic hydroxyl groups is 3. The summed E-state index contributed by atoms with van der Waals surface area (Å²) < 4.78 is 176. The zero-order valence-corrected chi connectivity index (χ0v) is 19.3. The topological polar surface area (TPSA) is 138 Å². The van der Waals surface area contributed by atoms with Crippen LogP contribution < -0.4 is 5.32 Å². The Bertz CT molecular complexity index is 2070. The Labute approximate surface area is 239 Å². The largest absolute Gasteiger partial charge is 0.394 e. The highest BCUT2D eigenvalue weighted by atomic mass is 32.2. The average Bonchev–Trinajstić information content (AvgIpc) is 3.30. The number of ether oxygens (including phenoxy) is 1. The minimum atomic E-state index is -4.48. The number of aromatic nitrogens is 5. The lowest BCUT2D eigenvalue weighted by Crippen LogP contribution is -2.33. The summed E-state index contributed by atoms with van der Waals surface area (Å²) in [6.07, 6.45) is -20.9. The predicted octanol–water partition coefficient (Wildman–Crippen LogP) is 2.18. The van der Waals surface area contributed by atoms with E-state index in [1.54, 1.807) is 0 Å². The smallest absolute Gasteiger partial charge is 0.191 e. The van der Waals surface area contributed by atoms with Gasteiger partial charge in [-0.1, -0.05) is 36.0 Å². The van der Waals surface area contributed by atoms with Crippen LogP contribution in [0, 0.1) is 12.7 Å². The van der Waals surface area contributed by atoms with Gasteiger partial charge in [0.2, 0.25) is 0 Å². The molecule has 4 N–H and O–H groups in total. The lowest BCUT2D eigenvalue weighted by molar-refractivity contribution is -0.0629. The molecule has 12 heteroatoms. The third-order valence-corrected chi connectivity index (χ3v) is 5.60. The van der Waals surface area contributed by atoms with Gasteiger partial charge < -0.3 is 25.4 Å². The van der Waals surface area contributed by atoms with Crippen LogP contribution >= 0.6 is 11.8 Å². The number of hydrogen-bond donors (Lipinski definition) is 4. The maximum atomic E-state index is 14.9. The van der Waals surface area contributed by atoms with Crippen molar-refractivity contribution in [2.75, 3.05) is 24.1 Å². The predicted molar refractivity (Wildman–Crippen MR) is 133 cm³/mol. The molecular formula is C24H31FN6O4S. The first-order chi connectivity index (χ1) is 24.4. The van der Waals surface area contributed by atoms with Crippen molar-refractivity contribution in [3.8, 4) is 0 Å². The van der Waals surface area contributed by atoms with Crippen molar-refractivity contribution in [1.82, 2.24) is 25.0 Å². The van der Waals surface area contributed by atoms with E-state index in [1.807, 2.05) is 0 Å². The minimum absolute atomic E-state index is 0.0483. The summed E-state index contributed by atoms with van der Waals surface area (Å²) >= 11 is -0.0483. The van der Waals surface area contributed by atoms with E-state index >= 15 is 0 Å². The Morgan fingerprint density at radius 3 is 3.00 bits per heavy atom. The average molecular weight is 538 g/mol. The van der Waals surface area contributed by atoms with E-state index < -0.39 is 126 Å². The SMILES string of the molecule is [2H]c1c([2H])c([C@]2([2H])C[C@@]2([2H])Nc2nc(SC([2H])([2H])C([2H])([2H])C)nc3c2nnn3[C@]2([2H])C([2H])([2H])[C@]([2H])(OC([2H])([2H])C([2H])([2H])O)[C@@]([2H])(O)[C@@]2([2H])O)c([2H])c(F)c1C. The molecule has 0 aliphatic heterocycles. The summed E-state index contributed by atoms with van der Waals surface area (Å²) in [6.45, 7) is -6.29. The minimum Gasteiger partial charge on any atom is -0.394 e. The first kappa shape index (κ1) is 11.2. The quantitative estimate of drug-likeness (QED) is 0.225. The van der Waals surface area contributed by atoms with E-state index in [0.29, 0.717) is 0 Å². The molecular weight excluding hydrogens is 487 g/mol. The summed E-state index contributed by atoms with van der Waals surface area (Å²) in [6, 6.07) is -8.91. The number of rotatable bonds is 10. The van der Waals surface area contributed by atoms with Crippen molar-refractivity contribution in [3.63, 3.8) is 0 Å². The Morgan fingerprint density at radius 2 is 2.22 bits per heavy atom. The number of fused-ring (bicyclic) bond motifs is 1. The molecule has 194 valence electrons. The molecule has 2 saturated carbocycles. The summed E-state index contributed by atoms with van der Waals surface area (Å²) in [5, 5.41) is 40.8. The van der Waals surface area contributed by atoms with Crippen molar-refractivity contribution in [1.29, 1.82) is 0 Å². The number of thioether (sulfide) groups is 1. The molecule has 2 fully saturated rings. The molecule has 0 unspecified atom stereocenters. The van der Waals surface area contributed by atoms with Crippen molar-refractivity contribution < 1.29 is 50.5 Å². The number of halogens is 1. The first-order valence-electron chi connectivity index (χ1n) is 19.6. The Morgan fingerprint density at radius 1 is 1.39 bits per heavy atom. The Hall–Kier alpha value is -2.38. The number of nitrogens with zero attached hydrogens (tertiary/aromatic N) is 5. The van der Waals surface area contributed by atoms with Crippen molar-refractivity contribution in [2.45, 2.75) is 74.3 Å². The molecule has 2 aromatic heterocycles. The zero-order chi connectivity index (χ0) is 42.5. The molecule has 1 aromatic carbocycles. The highest BCUT2D eigenvalue weighted by molar-refractivity contribution is 7.99. The molecule has 0 radical (unpaired) electrons. The fourth-order valence-electron chi connectivity index (χ4n) is 3.15. The van der Waals surface area contributed by atoms with Gasteiger partial charge in [-0.2, -0.15) is 0 Å². The lowest BCUT2D eigenvalue weighted by Gasteiger charge is -2.17. The van der Waals surface area contributed by atoms with Crippen LogP contribution in [0.5, 0.6) is 0 Å². The maximum Gasteiger partial charge on any atom is 0.191 e. The molecule has 2 aliphatic carbocycles. The van der Waals surface area contributed by atoms with E-state index in [9.17, 15) is 19.7 Å². The number of benzene rings is 1. The molecule has 6 atom stereocenters. The summed E-state index contributed by atoms with van der Waals surface area (Å²) in [7, 11) is 0. The Balaban J connectivity index is 1.76. The lowest BCUT2D eigenvalue weighted by atomic mass is 10.1. The van der Waals surface area contributed by atoms with E-state index in [4.69, 9.17) is 26.0 Å². The molecule has 5 rings (SSSR count). The van der Waals surface area contributed by atoms with Gasteiger partial charge in [0.15, 0.2) is 22.1 Å². The van der Waals surface area contributed by atoms with Crippen LogP contribution in [-0.2, 0) is 4.74 Å². The van der Waals surface area contributed by atoms with Crippen molar-refractivity contribution >= 4 is 28.7 Å². The van der Waals surface area contributed by atoms with Crippen LogP contribution in [0.25, 0.3) is 11.2 Å². The third kappa shape index (κ3) is 4.92. The van der Waals surface area contributed by atoms with Crippen LogP contribution in [0.3, 0.4) is 0 Å². The number of hydrogen-bond acceptors (Lipinski definition) is 10. The first-order valence-corrected chi connectivity index (χ1v) is 10.9. The van der Waals surface area contributed by atoms with Gasteiger partial charge in [0.1, 0.15) is 18.0 Å². The molecule has 0 spiro atoms. The van der Waals surface area contributed by atoms with Gasteiger partial charge in [-0.3, -0.25) is 0 Å². The van der Waals surface area contributed by atoms with Crippen molar-refractivity contribution in [3.05, 3.63) is 35.1 Å². The third-order valence-electron chi connectivity index (χ3n) is 4.93. The highest BCUT2D eigenvalue weighted by Crippen LogP contribution is 2.44. The van der Waals surface area contributed by atoms with Crippen LogP contribution in [-0.4, -0.2) is 83.4 Å². The fourth-order valence-corrected chi connectivity index (χ4v) is 3.61. The second kappa shape index (κ2) is 10.5. The Kier molecular flexibility index (Phi) is 3.27. The fraction of sp³-hybridized carbons (Fsp3) is 0.583. The number of nitrogens with one attached hydrogen (secondary N) is 1. The van der Waals surface area contributed by atoms with Crippen molar-refractivity contribution in [2.24, 2.45) is 0 Å². The van der Waals surface area contributed by atoms with Crippen LogP contribution in [0.1, 0.15) is 75.2 Å². The molecule has 10 nitrogen and oxygen atoms in total. The maximum absolute atomic E-state index is 14.9. The van der Waals surface area contributed by atoms with E-state index in [2.05, 4.69) is 30.3 Å². The number of anilines is 1. The molecule has 36 heavy (non-hydrogen) atoms. The van der Waals surface area contributed by atoms with Crippen LogP contribution in [0.15, 0.2) is 23.3 Å². The van der Waals surface area contributed by atoms with E-state index in [-0.39, 0.29) is 22.0 Å². The van der Waals surface area contributed by atoms with Gasteiger partial charge >= 0.3 is 0 Å². The molecule has 3 aromatic rings. The van der Waals surface area contributed by atoms with Crippen LogP contribution in [0.4, 0.5) is 10.2 Å². The van der Waals surface area contributed by atoms with Gasteiger partial charge in [0, 0.05) is 33.6 Å². The van der Waals surface area contributed by atoms with Gasteiger partial charge in [-0.15, -0.1) is 5.10 Å². The normalized spacial score (nSPS) is 50.6. The molecule has 2 aliphatic rings. The van der Waals surface area contributed by atoms with Gasteiger partial charge in [0.25, 0.3) is 0 Å². The van der Waals surface area contributed by atoms with E-state index in [1.165, 1.54) is 0 Å². The summed E-state index contributed by atoms with van der Waals surface area (Å²) in [4.78, 5) is 7.96. The molecule has 0 saturated heterocycles. The standard InChI is InChI=1S/C24H31FN6O4S/c1-3-8-36-24-27-22(26-16-10-14(16)13-5-4-12(2)15(25)9-13)19-23(28-24)31(30-29-19)17-11-18(35-7-6-32)21(34)20(17)33/h4-5,9,14,16-18,20-21,32-34H,3,6-8,10-11H2,1-2H3,(H,26,27,28)/t14-,16+,17+,18-,20-,21+/m0/s1/i3D2,4D,5D,6D2,7D2,8D2,9D,11D2,14D,16D,17D,18D,20D,21D. The zero-order valence-electron chi connectivity index (χ0n) is 37.5. The summed E-state index contributed by atoms with van der Waals surface area (Å²) in [5.41, 5.74) is -5.77. The molecule has 0 bridgehead atoms. The molecule has 2 heterocycles. The van der Waals surface area contributed by atoms with Gasteiger partial charge in [0.05, 0.1) is 41.7 Å². The summed E-state index contributed by atoms with van der Waals surface area (Å²) in [5.74, 6) is -4.36. The molecule has 0 amide bonds. The highest BCUT2D eigenvalue weighted by Gasteiger charge is 2.45. The monoisotopic (exact) mass is 537 g/mol.